The number of alkyl halides is 3. The van der Waals surface area contributed by atoms with Gasteiger partial charge >= 0.3 is 12.1 Å². The average Bonchev–Trinajstić information content (AvgIpc) is 2.93. The molecule has 0 atom stereocenters. The van der Waals surface area contributed by atoms with Gasteiger partial charge in [-0.3, -0.25) is 4.90 Å². The van der Waals surface area contributed by atoms with Crippen molar-refractivity contribution in [3.63, 3.8) is 0 Å². The van der Waals surface area contributed by atoms with E-state index >= 15 is 0 Å². The Bertz CT molecular complexity index is 698. The Balaban J connectivity index is 0.000000351. The molecule has 0 spiro atoms. The summed E-state index contributed by atoms with van der Waals surface area (Å²) in [4.78, 5) is 14.1. The third-order valence-corrected chi connectivity index (χ3v) is 3.28. The summed E-state index contributed by atoms with van der Waals surface area (Å²) in [7, 11) is 1.92. The minimum atomic E-state index is -5.08. The van der Waals surface area contributed by atoms with Gasteiger partial charge in [0.1, 0.15) is 5.75 Å². The number of aryl methyl sites for hydroxylation is 1. The van der Waals surface area contributed by atoms with Gasteiger partial charge in [-0.25, -0.2) is 4.79 Å². The Morgan fingerprint density at radius 1 is 1.38 bits per heavy atom. The van der Waals surface area contributed by atoms with E-state index in [-0.39, 0.29) is 6.61 Å². The van der Waals surface area contributed by atoms with E-state index in [2.05, 4.69) is 4.98 Å². The van der Waals surface area contributed by atoms with Crippen LogP contribution in [0.1, 0.15) is 11.1 Å². The molecule has 1 aromatic heterocycles. The van der Waals surface area contributed by atoms with Crippen molar-refractivity contribution in [2.24, 2.45) is 0 Å². The molecule has 2 aromatic rings. The minimum absolute atomic E-state index is 0.124. The zero-order chi connectivity index (χ0) is 18.5. The van der Waals surface area contributed by atoms with Gasteiger partial charge in [0.15, 0.2) is 0 Å². The monoisotopic (exact) mass is 348 g/mol. The molecule has 1 aromatic carbocycles. The van der Waals surface area contributed by atoms with Crippen LogP contribution in [0.2, 0.25) is 0 Å². The first-order valence-corrected chi connectivity index (χ1v) is 6.96. The SMILES string of the molecule is Cc1cc(O)c(CN(C)CCO)c2cc[nH]c12.O=C(O)C(F)(F)F. The number of likely N-dealkylation sites (N-methyl/N-ethyl adjacent to an activating group) is 1. The number of benzene rings is 1. The van der Waals surface area contributed by atoms with Crippen LogP contribution in [0.5, 0.6) is 5.75 Å². The standard InChI is InChI=1S/C13H18N2O2.C2HF3O2/c1-9-7-12(17)11(8-15(2)5-6-16)10-3-4-14-13(9)10;3-2(4,5)1(6)7/h3-4,7,14,16-17H,5-6,8H2,1-2H3;(H,6,7). The summed E-state index contributed by atoms with van der Waals surface area (Å²) in [6.07, 6.45) is -3.20. The lowest BCUT2D eigenvalue weighted by atomic mass is 10.0. The second kappa shape index (κ2) is 8.02. The van der Waals surface area contributed by atoms with Gasteiger partial charge < -0.3 is 20.3 Å². The molecule has 0 saturated carbocycles. The number of carbonyl (C=O) groups is 1. The molecule has 0 saturated heterocycles. The van der Waals surface area contributed by atoms with Crippen LogP contribution < -0.4 is 0 Å². The summed E-state index contributed by atoms with van der Waals surface area (Å²) in [5, 5.41) is 27.1. The van der Waals surface area contributed by atoms with Crippen LogP contribution >= 0.6 is 0 Å². The summed E-state index contributed by atoms with van der Waals surface area (Å²) in [6.45, 7) is 3.32. The number of aromatic nitrogens is 1. The first-order valence-electron chi connectivity index (χ1n) is 6.96. The second-order valence-electron chi connectivity index (χ2n) is 5.22. The number of fused-ring (bicyclic) bond motifs is 1. The number of phenolic OH excluding ortho intramolecular Hbond substituents is 1. The fourth-order valence-corrected chi connectivity index (χ4v) is 2.14. The van der Waals surface area contributed by atoms with E-state index in [0.717, 1.165) is 22.0 Å². The van der Waals surface area contributed by atoms with Crippen molar-refractivity contribution in [2.45, 2.75) is 19.6 Å². The molecule has 2 rings (SSSR count). The zero-order valence-corrected chi connectivity index (χ0v) is 13.2. The van der Waals surface area contributed by atoms with Crippen molar-refractivity contribution in [3.05, 3.63) is 29.5 Å². The Morgan fingerprint density at radius 3 is 2.46 bits per heavy atom. The lowest BCUT2D eigenvalue weighted by molar-refractivity contribution is -0.192. The molecule has 0 fully saturated rings. The number of aliphatic hydroxyl groups excluding tert-OH is 1. The van der Waals surface area contributed by atoms with Crippen LogP contribution in [-0.2, 0) is 11.3 Å². The first kappa shape index (κ1) is 19.8. The smallest absolute Gasteiger partial charge is 0.490 e. The minimum Gasteiger partial charge on any atom is -0.508 e. The maximum absolute atomic E-state index is 10.6. The highest BCUT2D eigenvalue weighted by Gasteiger charge is 2.38. The maximum Gasteiger partial charge on any atom is 0.490 e. The molecule has 0 radical (unpaired) electrons. The Hall–Kier alpha value is -2.26. The number of rotatable bonds is 4. The largest absolute Gasteiger partial charge is 0.508 e. The number of nitrogens with zero attached hydrogens (tertiary/aromatic N) is 1. The number of aliphatic carboxylic acids is 1. The normalized spacial score (nSPS) is 11.5. The van der Waals surface area contributed by atoms with E-state index in [0.29, 0.717) is 18.8 Å². The number of H-pyrrole nitrogens is 1. The highest BCUT2D eigenvalue weighted by Crippen LogP contribution is 2.30. The van der Waals surface area contributed by atoms with Gasteiger partial charge in [-0.2, -0.15) is 13.2 Å². The first-order chi connectivity index (χ1) is 11.1. The van der Waals surface area contributed by atoms with E-state index in [4.69, 9.17) is 15.0 Å². The molecule has 9 heteroatoms. The van der Waals surface area contributed by atoms with Gasteiger partial charge in [-0.15, -0.1) is 0 Å². The number of nitrogens with one attached hydrogen (secondary N) is 1. The lowest BCUT2D eigenvalue weighted by Gasteiger charge is -2.17. The maximum atomic E-state index is 10.6. The van der Waals surface area contributed by atoms with Gasteiger partial charge in [-0.05, 0) is 31.7 Å². The molecule has 6 nitrogen and oxygen atoms in total. The highest BCUT2D eigenvalue weighted by molar-refractivity contribution is 5.87. The van der Waals surface area contributed by atoms with Crippen LogP contribution in [0.4, 0.5) is 13.2 Å². The number of halogens is 3. The summed E-state index contributed by atoms with van der Waals surface area (Å²) in [6, 6.07) is 3.76. The molecule has 0 amide bonds. The number of phenols is 1. The molecular formula is C15H19F3N2O4. The fourth-order valence-electron chi connectivity index (χ4n) is 2.14. The van der Waals surface area contributed by atoms with Crippen LogP contribution in [0.3, 0.4) is 0 Å². The molecule has 0 aliphatic carbocycles. The van der Waals surface area contributed by atoms with Gasteiger partial charge in [0.25, 0.3) is 0 Å². The predicted octanol–water partition coefficient (Wildman–Crippen LogP) is 2.24. The Labute approximate surface area is 136 Å². The fraction of sp³-hybridized carbons (Fsp3) is 0.400. The van der Waals surface area contributed by atoms with Crippen LogP contribution in [0, 0.1) is 6.92 Å². The summed E-state index contributed by atoms with van der Waals surface area (Å²) < 4.78 is 31.7. The third kappa shape index (κ3) is 5.14. The lowest BCUT2D eigenvalue weighted by Crippen LogP contribution is -2.21. The molecule has 0 bridgehead atoms. The van der Waals surface area contributed by atoms with Crippen LogP contribution in [0.25, 0.3) is 10.9 Å². The van der Waals surface area contributed by atoms with Crippen molar-refractivity contribution in [3.8, 4) is 5.75 Å². The summed E-state index contributed by atoms with van der Waals surface area (Å²) in [5.74, 6) is -2.44. The number of aliphatic hydroxyl groups is 1. The number of aromatic amines is 1. The Morgan fingerprint density at radius 2 is 1.96 bits per heavy atom. The molecule has 0 unspecified atom stereocenters. The molecule has 24 heavy (non-hydrogen) atoms. The van der Waals surface area contributed by atoms with Gasteiger partial charge in [-0.1, -0.05) is 0 Å². The molecule has 0 aliphatic rings. The summed E-state index contributed by atoms with van der Waals surface area (Å²) >= 11 is 0. The molecular weight excluding hydrogens is 329 g/mol. The number of carboxylic acids is 1. The van der Waals surface area contributed by atoms with Crippen molar-refractivity contribution in [1.82, 2.24) is 9.88 Å². The predicted molar refractivity (Wildman–Crippen MR) is 81.8 cm³/mol. The molecule has 4 N–H and O–H groups in total. The van der Waals surface area contributed by atoms with E-state index in [9.17, 15) is 18.3 Å². The van der Waals surface area contributed by atoms with Crippen molar-refractivity contribution in [1.29, 1.82) is 0 Å². The van der Waals surface area contributed by atoms with Gasteiger partial charge in [0.2, 0.25) is 0 Å². The third-order valence-electron chi connectivity index (χ3n) is 3.28. The van der Waals surface area contributed by atoms with Crippen molar-refractivity contribution < 1.29 is 33.3 Å². The number of hydrogen-bond acceptors (Lipinski definition) is 4. The topological polar surface area (TPSA) is 96.8 Å². The average molecular weight is 348 g/mol. The van der Waals surface area contributed by atoms with E-state index in [1.165, 1.54) is 0 Å². The zero-order valence-electron chi connectivity index (χ0n) is 13.2. The van der Waals surface area contributed by atoms with E-state index in [1.54, 1.807) is 6.07 Å². The molecule has 134 valence electrons. The molecule has 1 heterocycles. The number of aromatic hydroxyl groups is 1. The van der Waals surface area contributed by atoms with Gasteiger partial charge in [0, 0.05) is 35.8 Å². The van der Waals surface area contributed by atoms with Crippen molar-refractivity contribution >= 4 is 16.9 Å². The number of carboxylic acid groups (broad SMARTS) is 1. The van der Waals surface area contributed by atoms with Gasteiger partial charge in [0.05, 0.1) is 6.61 Å². The van der Waals surface area contributed by atoms with E-state index in [1.807, 2.05) is 31.1 Å². The molecule has 0 aliphatic heterocycles. The quantitative estimate of drug-likeness (QED) is 0.679. The second-order valence-corrected chi connectivity index (χ2v) is 5.22. The number of hydrogen-bond donors (Lipinski definition) is 4. The van der Waals surface area contributed by atoms with Crippen LogP contribution in [-0.4, -0.2) is 57.5 Å². The Kier molecular flexibility index (Phi) is 6.61. The highest BCUT2D eigenvalue weighted by atomic mass is 19.4. The summed E-state index contributed by atoms with van der Waals surface area (Å²) in [5.41, 5.74) is 3.01. The van der Waals surface area contributed by atoms with Crippen LogP contribution in [0.15, 0.2) is 18.3 Å². The van der Waals surface area contributed by atoms with Crippen molar-refractivity contribution in [2.75, 3.05) is 20.2 Å². The van der Waals surface area contributed by atoms with E-state index < -0.39 is 12.1 Å².